The average Bonchev–Trinajstić information content (AvgIpc) is 3.91. The molecule has 1 saturated heterocycles. The van der Waals surface area contributed by atoms with Gasteiger partial charge in [-0.05, 0) is 84.4 Å². The molecule has 1 N–H and O–H groups in total. The van der Waals surface area contributed by atoms with Crippen LogP contribution in [0.5, 0.6) is 0 Å². The molecule has 6 nitrogen and oxygen atoms in total. The van der Waals surface area contributed by atoms with Gasteiger partial charge in [0.05, 0.1) is 34.2 Å². The van der Waals surface area contributed by atoms with E-state index in [1.807, 2.05) is 0 Å². The normalized spacial score (nSPS) is 18.1. The van der Waals surface area contributed by atoms with Gasteiger partial charge in [-0.3, -0.25) is 14.5 Å². The van der Waals surface area contributed by atoms with E-state index in [2.05, 4.69) is 201 Å². The largest absolute Gasteiger partial charge is 0.343 e. The molecule has 0 spiro atoms. The van der Waals surface area contributed by atoms with Crippen LogP contribution in [0.2, 0.25) is 0 Å². The molecule has 0 bridgehead atoms. The van der Waals surface area contributed by atoms with Gasteiger partial charge in [0.1, 0.15) is 17.8 Å². The number of aromatic nitrogens is 4. The lowest BCUT2D eigenvalue weighted by Crippen LogP contribution is -2.35. The highest BCUT2D eigenvalue weighted by Gasteiger charge is 2.40. The summed E-state index contributed by atoms with van der Waals surface area (Å²) in [5, 5.41) is 3.99. The number of hydrogen-bond acceptors (Lipinski definition) is 4. The fourth-order valence-corrected chi connectivity index (χ4v) is 7.81. The lowest BCUT2D eigenvalue weighted by atomic mass is 10.0. The number of allylic oxidation sites excluding steroid dienone is 2. The summed E-state index contributed by atoms with van der Waals surface area (Å²) in [7, 11) is 0. The van der Waals surface area contributed by atoms with Crippen molar-refractivity contribution in [2.45, 2.75) is 18.2 Å². The number of benzene rings is 6. The number of hydrogen-bond donors (Lipinski definition) is 1. The Bertz CT molecular complexity index is 2450. The van der Waals surface area contributed by atoms with Crippen molar-refractivity contribution in [3.8, 4) is 34.2 Å². The molecule has 0 saturated carbocycles. The van der Waals surface area contributed by atoms with Crippen LogP contribution in [0.3, 0.4) is 0 Å². The number of anilines is 1. The van der Waals surface area contributed by atoms with Gasteiger partial charge < -0.3 is 4.90 Å². The minimum absolute atomic E-state index is 0.113. The van der Waals surface area contributed by atoms with Crippen molar-refractivity contribution in [3.05, 3.63) is 188 Å². The molecule has 0 amide bonds. The van der Waals surface area contributed by atoms with Crippen molar-refractivity contribution >= 4 is 27.8 Å². The molecule has 2 aromatic heterocycles. The van der Waals surface area contributed by atoms with E-state index < -0.39 is 0 Å². The summed E-state index contributed by atoms with van der Waals surface area (Å²) in [4.78, 5) is 13.1. The Morgan fingerprint density at radius 1 is 0.471 bits per heavy atom. The first-order valence-corrected chi connectivity index (χ1v) is 17.5. The van der Waals surface area contributed by atoms with Crippen LogP contribution in [0, 0.1) is 0 Å². The number of nitrogens with zero attached hydrogens (tertiary/aromatic N) is 5. The molecule has 1 fully saturated rings. The fraction of sp³-hybridized carbons (Fsp3) is 0.0667. The maximum atomic E-state index is 5.31. The highest BCUT2D eigenvalue weighted by Crippen LogP contribution is 2.41. The van der Waals surface area contributed by atoms with Crippen LogP contribution in [0.25, 0.3) is 56.2 Å². The van der Waals surface area contributed by atoms with E-state index in [0.29, 0.717) is 0 Å². The molecule has 0 radical (unpaired) electrons. The molecule has 3 unspecified atom stereocenters. The topological polar surface area (TPSA) is 50.9 Å². The lowest BCUT2D eigenvalue weighted by molar-refractivity contribution is 0.610. The lowest BCUT2D eigenvalue weighted by Gasteiger charge is -2.31. The van der Waals surface area contributed by atoms with E-state index in [1.165, 1.54) is 5.69 Å². The summed E-state index contributed by atoms with van der Waals surface area (Å²) in [5.41, 5.74) is 10.5. The van der Waals surface area contributed by atoms with Gasteiger partial charge in [0.2, 0.25) is 0 Å². The summed E-state index contributed by atoms with van der Waals surface area (Å²) in [5.74, 6) is 1.77. The van der Waals surface area contributed by atoms with Crippen LogP contribution in [-0.4, -0.2) is 31.2 Å². The number of rotatable bonds is 6. The van der Waals surface area contributed by atoms with E-state index in [0.717, 1.165) is 61.8 Å². The number of nitrogens with one attached hydrogen (secondary N) is 1. The van der Waals surface area contributed by atoms with Crippen molar-refractivity contribution in [1.82, 2.24) is 24.4 Å². The van der Waals surface area contributed by atoms with Gasteiger partial charge in [0.25, 0.3) is 0 Å². The quantitative estimate of drug-likeness (QED) is 0.193. The van der Waals surface area contributed by atoms with Crippen molar-refractivity contribution < 1.29 is 0 Å². The van der Waals surface area contributed by atoms with Gasteiger partial charge in [0, 0.05) is 28.2 Å². The number of fused-ring (bicyclic) bond motifs is 3. The average molecular weight is 659 g/mol. The minimum atomic E-state index is -0.113. The molecule has 3 heterocycles. The third-order valence-corrected chi connectivity index (χ3v) is 10.0. The monoisotopic (exact) mass is 658 g/mol. The van der Waals surface area contributed by atoms with Crippen LogP contribution in [0.15, 0.2) is 182 Å². The molecule has 51 heavy (non-hydrogen) atoms. The predicted molar refractivity (Wildman–Crippen MR) is 207 cm³/mol. The zero-order chi connectivity index (χ0) is 33.7. The molecular formula is C45H34N6. The molecule has 2 aliphatic rings. The second kappa shape index (κ2) is 12.1. The number of para-hydroxylation sites is 7. The highest BCUT2D eigenvalue weighted by molar-refractivity contribution is 5.87. The maximum absolute atomic E-state index is 5.31. The van der Waals surface area contributed by atoms with E-state index in [1.54, 1.807) is 0 Å². The summed E-state index contributed by atoms with van der Waals surface area (Å²) in [6.07, 6.45) is 8.77. The van der Waals surface area contributed by atoms with E-state index in [9.17, 15) is 0 Å². The van der Waals surface area contributed by atoms with Gasteiger partial charge in [0.15, 0.2) is 0 Å². The van der Waals surface area contributed by atoms with Crippen LogP contribution in [0.1, 0.15) is 11.7 Å². The van der Waals surface area contributed by atoms with Gasteiger partial charge >= 0.3 is 0 Å². The zero-order valence-electron chi connectivity index (χ0n) is 27.8. The SMILES string of the molecule is C1=CC2NC(c3cc(-c4nc5ccccc5n4-c4ccccc4)cc(-c4nc5ccccc5n4-c4ccccc4)c3)N(c3ccccc3)C2C=C1. The molecule has 10 rings (SSSR count). The summed E-state index contributed by atoms with van der Waals surface area (Å²) < 4.78 is 4.56. The van der Waals surface area contributed by atoms with E-state index in [4.69, 9.17) is 9.97 Å². The van der Waals surface area contributed by atoms with Crippen LogP contribution in [-0.2, 0) is 0 Å². The van der Waals surface area contributed by atoms with Crippen LogP contribution >= 0.6 is 0 Å². The van der Waals surface area contributed by atoms with Gasteiger partial charge in [-0.1, -0.05) is 103 Å². The van der Waals surface area contributed by atoms with Gasteiger partial charge in [-0.25, -0.2) is 9.97 Å². The minimum Gasteiger partial charge on any atom is -0.343 e. The smallest absolute Gasteiger partial charge is 0.145 e. The van der Waals surface area contributed by atoms with E-state index in [-0.39, 0.29) is 18.2 Å². The fourth-order valence-electron chi connectivity index (χ4n) is 7.81. The Balaban J connectivity index is 1.25. The Morgan fingerprint density at radius 2 is 0.941 bits per heavy atom. The maximum Gasteiger partial charge on any atom is 0.145 e. The first-order chi connectivity index (χ1) is 25.3. The Morgan fingerprint density at radius 3 is 1.49 bits per heavy atom. The Labute approximate surface area is 296 Å². The van der Waals surface area contributed by atoms with E-state index >= 15 is 0 Å². The summed E-state index contributed by atoms with van der Waals surface area (Å²) in [6, 6.07) is 55.8. The van der Waals surface area contributed by atoms with Gasteiger partial charge in [-0.2, -0.15) is 0 Å². The van der Waals surface area contributed by atoms with Crippen molar-refractivity contribution in [2.24, 2.45) is 0 Å². The molecule has 1 aliphatic carbocycles. The molecule has 6 heteroatoms. The molecule has 244 valence electrons. The van der Waals surface area contributed by atoms with Crippen LogP contribution in [0.4, 0.5) is 5.69 Å². The highest BCUT2D eigenvalue weighted by atomic mass is 15.4. The predicted octanol–water partition coefficient (Wildman–Crippen LogP) is 9.67. The molecule has 1 aliphatic heterocycles. The second-order valence-electron chi connectivity index (χ2n) is 13.1. The standard InChI is InChI=1S/C45H34N6/c1-4-16-34(17-5-1)49-40-25-13-10-22-37(40)46-43(49)31-28-32(44-47-38-23-11-14-26-41(38)50(44)35-18-6-2-7-19-35)30-33(29-31)45-48-39-24-12-15-27-42(39)51(45)36-20-8-3-9-21-36/h1-30,37,40,43,46H. The van der Waals surface area contributed by atoms with Crippen LogP contribution < -0.4 is 10.2 Å². The molecule has 8 aromatic rings. The van der Waals surface area contributed by atoms with Crippen molar-refractivity contribution in [2.75, 3.05) is 4.90 Å². The summed E-state index contributed by atoms with van der Waals surface area (Å²) >= 11 is 0. The van der Waals surface area contributed by atoms with Gasteiger partial charge in [-0.15, -0.1) is 0 Å². The first-order valence-electron chi connectivity index (χ1n) is 17.5. The number of imidazole rings is 2. The zero-order valence-corrected chi connectivity index (χ0v) is 27.8. The molecule has 6 aromatic carbocycles. The first kappa shape index (κ1) is 29.4. The summed E-state index contributed by atoms with van der Waals surface area (Å²) in [6.45, 7) is 0. The molecular weight excluding hydrogens is 625 g/mol. The third kappa shape index (κ3) is 4.99. The Kier molecular flexibility index (Phi) is 6.99. The Hall–Kier alpha value is -6.50. The van der Waals surface area contributed by atoms with Crippen molar-refractivity contribution in [3.63, 3.8) is 0 Å². The third-order valence-electron chi connectivity index (χ3n) is 10.0. The second-order valence-corrected chi connectivity index (χ2v) is 13.1. The van der Waals surface area contributed by atoms with Crippen molar-refractivity contribution in [1.29, 1.82) is 0 Å². The molecule has 3 atom stereocenters.